The first-order valence-corrected chi connectivity index (χ1v) is 8.89. The quantitative estimate of drug-likeness (QED) is 0.395. The van der Waals surface area contributed by atoms with Crippen molar-refractivity contribution >= 4 is 11.8 Å². The predicted octanol–water partition coefficient (Wildman–Crippen LogP) is 4.73. The van der Waals surface area contributed by atoms with E-state index in [1.54, 1.807) is 12.1 Å². The summed E-state index contributed by atoms with van der Waals surface area (Å²) >= 11 is 0. The number of rotatable bonds is 8. The van der Waals surface area contributed by atoms with Crippen molar-refractivity contribution < 1.29 is 9.59 Å². The number of carbonyl (C=O) groups is 2. The third kappa shape index (κ3) is 2.85. The topological polar surface area (TPSA) is 37.4 Å². The van der Waals surface area contributed by atoms with Crippen LogP contribution in [0.25, 0.3) is 0 Å². The first-order chi connectivity index (χ1) is 11.2. The number of hydrogen-bond acceptors (Lipinski definition) is 2. The zero-order valence-corrected chi connectivity index (χ0v) is 14.1. The van der Waals surface area contributed by atoms with E-state index in [2.05, 4.69) is 13.8 Å². The minimum atomic E-state index is -0.116. The molecule has 0 N–H and O–H groups in total. The van der Waals surface area contributed by atoms with Gasteiger partial charge in [-0.05, 0) is 49.0 Å². The Morgan fingerprint density at radius 3 is 1.87 bits per heavy atom. The average molecular weight is 311 g/mol. The summed E-state index contributed by atoms with van der Waals surface area (Å²) in [7, 11) is 0. The van der Waals surface area contributed by atoms with Gasteiger partial charge in [-0.15, -0.1) is 0 Å². The van der Waals surface area contributed by atoms with Crippen molar-refractivity contribution in [3.8, 4) is 0 Å². The molecule has 0 fully saturated rings. The predicted molar refractivity (Wildman–Crippen MR) is 91.4 cm³/mol. The minimum absolute atomic E-state index is 0.0224. The number of amides is 2. The summed E-state index contributed by atoms with van der Waals surface area (Å²) in [6, 6.07) is 7.16. The molecule has 23 heavy (non-hydrogen) atoms. The summed E-state index contributed by atoms with van der Waals surface area (Å²) in [5, 5.41) is 0. The highest BCUT2D eigenvalue weighted by molar-refractivity contribution is 6.22. The number of unbranched alkanes of at least 4 members (excludes halogenated alkanes) is 3. The lowest BCUT2D eigenvalue weighted by atomic mass is 10.1. The van der Waals surface area contributed by atoms with Crippen LogP contribution in [-0.2, 0) is 0 Å². The lowest BCUT2D eigenvalue weighted by Gasteiger charge is -2.16. The monoisotopic (exact) mass is 311 g/mol. The van der Waals surface area contributed by atoms with Crippen LogP contribution in [-0.4, -0.2) is 22.8 Å². The van der Waals surface area contributed by atoms with Gasteiger partial charge in [-0.25, -0.2) is 0 Å². The molecule has 2 amide bonds. The molecule has 1 aromatic carbocycles. The van der Waals surface area contributed by atoms with E-state index < -0.39 is 0 Å². The van der Waals surface area contributed by atoms with Gasteiger partial charge < -0.3 is 0 Å². The molecule has 1 aliphatic carbocycles. The number of nitrogens with zero attached hydrogens (tertiary/aromatic N) is 1. The van der Waals surface area contributed by atoms with Crippen LogP contribution in [0, 0.1) is 0 Å². The maximum absolute atomic E-state index is 12.7. The number of hydrogen-bond donors (Lipinski definition) is 0. The van der Waals surface area contributed by atoms with Gasteiger partial charge in [-0.2, -0.15) is 0 Å². The molecule has 0 saturated heterocycles. The molecule has 0 aromatic heterocycles. The van der Waals surface area contributed by atoms with Crippen LogP contribution in [0.1, 0.15) is 79.5 Å². The van der Waals surface area contributed by atoms with Crippen molar-refractivity contribution in [2.24, 2.45) is 0 Å². The smallest absolute Gasteiger partial charge is 0.262 e. The van der Waals surface area contributed by atoms with Gasteiger partial charge in [0.1, 0.15) is 0 Å². The van der Waals surface area contributed by atoms with Crippen molar-refractivity contribution in [3.63, 3.8) is 0 Å². The SMILES string of the molecule is CCCCCC1=C(CCCC)C1N1C(=O)c2ccccc2C1=O. The van der Waals surface area contributed by atoms with Crippen LogP contribution in [0.2, 0.25) is 0 Å². The van der Waals surface area contributed by atoms with Gasteiger partial charge in [-0.3, -0.25) is 14.5 Å². The molecule has 122 valence electrons. The highest BCUT2D eigenvalue weighted by Crippen LogP contribution is 2.45. The summed E-state index contributed by atoms with van der Waals surface area (Å²) < 4.78 is 0. The Balaban J connectivity index is 1.76. The first kappa shape index (κ1) is 16.0. The molecule has 3 rings (SSSR count). The standard InChI is InChI=1S/C20H25NO2/c1-3-5-7-11-15-14(10-6-4-2)18(15)21-19(22)16-12-8-9-13-17(16)20(21)23/h8-9,12-13,18H,3-7,10-11H2,1-2H3. The molecule has 1 atom stereocenters. The Labute approximate surface area is 138 Å². The normalized spacial score (nSPS) is 19.6. The van der Waals surface area contributed by atoms with Crippen molar-refractivity contribution in [3.05, 3.63) is 46.5 Å². The summed E-state index contributed by atoms with van der Waals surface area (Å²) in [5.41, 5.74) is 3.82. The van der Waals surface area contributed by atoms with Crippen molar-refractivity contribution in [2.75, 3.05) is 0 Å². The molecule has 0 radical (unpaired) electrons. The minimum Gasteiger partial charge on any atom is -0.269 e. The van der Waals surface area contributed by atoms with Crippen molar-refractivity contribution in [2.45, 2.75) is 64.8 Å². The van der Waals surface area contributed by atoms with Crippen molar-refractivity contribution in [1.29, 1.82) is 0 Å². The zero-order valence-electron chi connectivity index (χ0n) is 14.1. The van der Waals surface area contributed by atoms with Crippen LogP contribution < -0.4 is 0 Å². The fraction of sp³-hybridized carbons (Fsp3) is 0.500. The number of imide groups is 1. The molecular weight excluding hydrogens is 286 g/mol. The molecule has 0 bridgehead atoms. The van der Waals surface area contributed by atoms with Crippen molar-refractivity contribution in [1.82, 2.24) is 4.90 Å². The summed E-state index contributed by atoms with van der Waals surface area (Å²) in [5.74, 6) is -0.231. The maximum atomic E-state index is 12.7. The maximum Gasteiger partial charge on any atom is 0.262 e. The second-order valence-corrected chi connectivity index (χ2v) is 6.54. The van der Waals surface area contributed by atoms with Crippen LogP contribution in [0.3, 0.4) is 0 Å². The molecule has 1 aromatic rings. The van der Waals surface area contributed by atoms with E-state index in [0.717, 1.165) is 32.1 Å². The van der Waals surface area contributed by atoms with E-state index >= 15 is 0 Å². The third-order valence-corrected chi connectivity index (χ3v) is 4.92. The van der Waals surface area contributed by atoms with Gasteiger partial charge in [0, 0.05) is 0 Å². The zero-order chi connectivity index (χ0) is 16.4. The molecule has 3 nitrogen and oxygen atoms in total. The Bertz CT molecular complexity index is 624. The van der Waals surface area contributed by atoms with Crippen LogP contribution >= 0.6 is 0 Å². The Hall–Kier alpha value is -1.90. The van der Waals surface area contributed by atoms with E-state index in [4.69, 9.17) is 0 Å². The molecular formula is C20H25NO2. The van der Waals surface area contributed by atoms with Gasteiger partial charge in [0.15, 0.2) is 0 Å². The number of carbonyl (C=O) groups excluding carboxylic acids is 2. The lowest BCUT2D eigenvalue weighted by Crippen LogP contribution is -2.34. The Morgan fingerprint density at radius 2 is 1.35 bits per heavy atom. The summed E-state index contributed by atoms with van der Waals surface area (Å²) in [6.07, 6.45) is 7.88. The van der Waals surface area contributed by atoms with E-state index in [0.29, 0.717) is 11.1 Å². The third-order valence-electron chi connectivity index (χ3n) is 4.92. The van der Waals surface area contributed by atoms with Gasteiger partial charge >= 0.3 is 0 Å². The van der Waals surface area contributed by atoms with Gasteiger partial charge in [0.05, 0.1) is 17.2 Å². The highest BCUT2D eigenvalue weighted by atomic mass is 16.2. The summed E-state index contributed by atoms with van der Waals surface area (Å²) in [4.78, 5) is 26.8. The summed E-state index contributed by atoms with van der Waals surface area (Å²) in [6.45, 7) is 4.37. The molecule has 3 heteroatoms. The molecule has 1 unspecified atom stereocenters. The van der Waals surface area contributed by atoms with Gasteiger partial charge in [-0.1, -0.05) is 45.2 Å². The highest BCUT2D eigenvalue weighted by Gasteiger charge is 2.49. The van der Waals surface area contributed by atoms with E-state index in [1.165, 1.54) is 28.9 Å². The largest absolute Gasteiger partial charge is 0.269 e. The fourth-order valence-corrected chi connectivity index (χ4v) is 3.58. The van der Waals surface area contributed by atoms with E-state index in [1.807, 2.05) is 12.1 Å². The Morgan fingerprint density at radius 1 is 0.826 bits per heavy atom. The average Bonchev–Trinajstić information content (AvgIpc) is 3.18. The van der Waals surface area contributed by atoms with Gasteiger partial charge in [0.25, 0.3) is 11.8 Å². The fourth-order valence-electron chi connectivity index (χ4n) is 3.58. The van der Waals surface area contributed by atoms with Crippen LogP contribution in [0.15, 0.2) is 35.4 Å². The van der Waals surface area contributed by atoms with E-state index in [-0.39, 0.29) is 17.9 Å². The van der Waals surface area contributed by atoms with Crippen LogP contribution in [0.4, 0.5) is 0 Å². The number of fused-ring (bicyclic) bond motifs is 1. The number of benzene rings is 1. The second kappa shape index (κ2) is 6.69. The molecule has 1 aliphatic heterocycles. The lowest BCUT2D eigenvalue weighted by molar-refractivity contribution is 0.0646. The second-order valence-electron chi connectivity index (χ2n) is 6.54. The molecule has 0 saturated carbocycles. The molecule has 2 aliphatic rings. The van der Waals surface area contributed by atoms with E-state index in [9.17, 15) is 9.59 Å². The van der Waals surface area contributed by atoms with Crippen LogP contribution in [0.5, 0.6) is 0 Å². The molecule has 1 heterocycles. The first-order valence-electron chi connectivity index (χ1n) is 8.89. The Kier molecular flexibility index (Phi) is 4.65. The molecule has 0 spiro atoms. The van der Waals surface area contributed by atoms with Gasteiger partial charge in [0.2, 0.25) is 0 Å².